The molecule has 0 amide bonds. The Kier molecular flexibility index (Phi) is 4.99. The van der Waals surface area contributed by atoms with E-state index in [1.807, 2.05) is 6.92 Å². The zero-order chi connectivity index (χ0) is 21.4. The lowest BCUT2D eigenvalue weighted by atomic mass is 10.0. The van der Waals surface area contributed by atoms with Crippen LogP contribution in [0.1, 0.15) is 25.5 Å². The molecule has 0 saturated heterocycles. The number of methoxy groups -OCH3 is 2. The number of carbonyl (C=O) groups excluding carboxylic acids is 1. The second-order valence-corrected chi connectivity index (χ2v) is 6.78. The van der Waals surface area contributed by atoms with Crippen LogP contribution in [0.2, 0.25) is 0 Å². The van der Waals surface area contributed by atoms with Crippen LogP contribution >= 0.6 is 0 Å². The molecule has 8 nitrogen and oxygen atoms in total. The predicted octanol–water partition coefficient (Wildman–Crippen LogP) is 3.64. The smallest absolute Gasteiger partial charge is 0.336 e. The lowest BCUT2D eigenvalue weighted by molar-refractivity contribution is -0.132. The summed E-state index contributed by atoms with van der Waals surface area (Å²) in [6, 6.07) is 9.80. The maximum atomic E-state index is 11.8. The van der Waals surface area contributed by atoms with Crippen LogP contribution in [-0.2, 0) is 4.79 Å². The molecule has 0 fully saturated rings. The Morgan fingerprint density at radius 2 is 1.70 bits per heavy atom. The summed E-state index contributed by atoms with van der Waals surface area (Å²) >= 11 is 0. The van der Waals surface area contributed by atoms with Crippen molar-refractivity contribution in [3.8, 4) is 28.7 Å². The maximum absolute atomic E-state index is 11.8. The minimum Gasteiger partial charge on any atom is -0.493 e. The second kappa shape index (κ2) is 7.62. The fourth-order valence-corrected chi connectivity index (χ4v) is 3.42. The average molecular weight is 412 g/mol. The third-order valence-electron chi connectivity index (χ3n) is 4.75. The molecule has 8 heteroatoms. The molecule has 30 heavy (non-hydrogen) atoms. The Morgan fingerprint density at radius 1 is 0.933 bits per heavy atom. The van der Waals surface area contributed by atoms with Gasteiger partial charge >= 0.3 is 11.6 Å². The molecule has 0 aliphatic carbocycles. The standard InChI is InChI=1S/C22H20O8/c1-11-19(13-5-7-15(28-12(2)23)16(9-13)25-3)30-22-20-14(6-8-18(24)29-20)10-17(26-4)21(22)27-11/h5-11,19H,1-4H3/t11-,19-/m1/s1. The van der Waals surface area contributed by atoms with Crippen molar-refractivity contribution in [3.05, 3.63) is 52.4 Å². The summed E-state index contributed by atoms with van der Waals surface area (Å²) in [5.74, 6) is 1.36. The van der Waals surface area contributed by atoms with E-state index in [-0.39, 0.29) is 11.3 Å². The molecule has 0 saturated carbocycles. The number of carbonyl (C=O) groups is 1. The van der Waals surface area contributed by atoms with Gasteiger partial charge in [0.2, 0.25) is 11.5 Å². The molecular formula is C22H20O8. The second-order valence-electron chi connectivity index (χ2n) is 6.78. The van der Waals surface area contributed by atoms with E-state index >= 15 is 0 Å². The zero-order valence-electron chi connectivity index (χ0n) is 16.9. The molecule has 2 atom stereocenters. The van der Waals surface area contributed by atoms with Crippen LogP contribution in [0.15, 0.2) is 45.6 Å². The average Bonchev–Trinajstić information content (AvgIpc) is 2.72. The third kappa shape index (κ3) is 3.41. The topological polar surface area (TPSA) is 93.4 Å². The molecule has 2 heterocycles. The highest BCUT2D eigenvalue weighted by molar-refractivity contribution is 5.88. The fraction of sp³-hybridized carbons (Fsp3) is 0.273. The molecule has 0 spiro atoms. The Morgan fingerprint density at radius 3 is 2.40 bits per heavy atom. The van der Waals surface area contributed by atoms with Crippen molar-refractivity contribution in [2.45, 2.75) is 26.1 Å². The van der Waals surface area contributed by atoms with Gasteiger partial charge in [-0.15, -0.1) is 0 Å². The van der Waals surface area contributed by atoms with E-state index in [9.17, 15) is 9.59 Å². The number of rotatable bonds is 4. The molecule has 0 unspecified atom stereocenters. The molecule has 1 aliphatic rings. The number of ether oxygens (including phenoxy) is 5. The van der Waals surface area contributed by atoms with Gasteiger partial charge in [0.25, 0.3) is 0 Å². The molecule has 156 valence electrons. The molecule has 3 aromatic rings. The lowest BCUT2D eigenvalue weighted by Crippen LogP contribution is -2.31. The van der Waals surface area contributed by atoms with E-state index in [0.29, 0.717) is 28.4 Å². The van der Waals surface area contributed by atoms with E-state index in [4.69, 9.17) is 28.1 Å². The number of benzene rings is 2. The van der Waals surface area contributed by atoms with Gasteiger partial charge in [-0.05, 0) is 31.2 Å². The largest absolute Gasteiger partial charge is 0.493 e. The highest BCUT2D eigenvalue weighted by Gasteiger charge is 2.35. The summed E-state index contributed by atoms with van der Waals surface area (Å²) in [5, 5.41) is 0.643. The van der Waals surface area contributed by atoms with E-state index in [0.717, 1.165) is 5.56 Å². The SMILES string of the molecule is COc1cc([C@@H]2Oc3c(c(OC)cc4ccc(=O)oc34)O[C@@H]2C)ccc1OC(C)=O. The van der Waals surface area contributed by atoms with Crippen molar-refractivity contribution >= 4 is 16.9 Å². The van der Waals surface area contributed by atoms with Gasteiger partial charge < -0.3 is 28.1 Å². The summed E-state index contributed by atoms with van der Waals surface area (Å²) < 4.78 is 33.7. The first-order valence-corrected chi connectivity index (χ1v) is 9.25. The molecule has 0 N–H and O–H groups in total. The van der Waals surface area contributed by atoms with E-state index < -0.39 is 23.8 Å². The van der Waals surface area contributed by atoms with Gasteiger partial charge in [0.05, 0.1) is 14.2 Å². The van der Waals surface area contributed by atoms with Gasteiger partial charge in [0.1, 0.15) is 6.10 Å². The number of fused-ring (bicyclic) bond motifs is 3. The lowest BCUT2D eigenvalue weighted by Gasteiger charge is -2.33. The predicted molar refractivity (Wildman–Crippen MR) is 107 cm³/mol. The number of esters is 1. The summed E-state index contributed by atoms with van der Waals surface area (Å²) in [6.07, 6.45) is -0.942. The summed E-state index contributed by atoms with van der Waals surface area (Å²) in [5.41, 5.74) is 0.509. The highest BCUT2D eigenvalue weighted by atomic mass is 16.6. The van der Waals surface area contributed by atoms with Crippen molar-refractivity contribution in [2.24, 2.45) is 0 Å². The van der Waals surface area contributed by atoms with Crippen molar-refractivity contribution in [2.75, 3.05) is 14.2 Å². The van der Waals surface area contributed by atoms with E-state index in [1.54, 1.807) is 30.3 Å². The van der Waals surface area contributed by atoms with Crippen molar-refractivity contribution < 1.29 is 32.9 Å². The first-order chi connectivity index (χ1) is 14.4. The molecule has 1 aliphatic heterocycles. The van der Waals surface area contributed by atoms with Crippen LogP contribution in [-0.4, -0.2) is 26.3 Å². The number of hydrogen-bond donors (Lipinski definition) is 0. The summed E-state index contributed by atoms with van der Waals surface area (Å²) in [4.78, 5) is 23.1. The van der Waals surface area contributed by atoms with Crippen LogP contribution in [0.5, 0.6) is 28.7 Å². The third-order valence-corrected chi connectivity index (χ3v) is 4.75. The summed E-state index contributed by atoms with van der Waals surface area (Å²) in [6.45, 7) is 3.17. The van der Waals surface area contributed by atoms with Gasteiger partial charge in [-0.3, -0.25) is 4.79 Å². The molecule has 2 aromatic carbocycles. The quantitative estimate of drug-likeness (QED) is 0.364. The van der Waals surface area contributed by atoms with Crippen LogP contribution in [0.25, 0.3) is 11.0 Å². The van der Waals surface area contributed by atoms with Gasteiger partial charge in [0, 0.05) is 23.9 Å². The Bertz CT molecular complexity index is 1180. The first kappa shape index (κ1) is 19.6. The monoisotopic (exact) mass is 412 g/mol. The fourth-order valence-electron chi connectivity index (χ4n) is 3.42. The zero-order valence-corrected chi connectivity index (χ0v) is 16.9. The Balaban J connectivity index is 1.80. The van der Waals surface area contributed by atoms with Crippen molar-refractivity contribution in [1.29, 1.82) is 0 Å². The Labute approximate surface area is 171 Å². The van der Waals surface area contributed by atoms with Gasteiger partial charge in [0.15, 0.2) is 28.9 Å². The van der Waals surface area contributed by atoms with Crippen molar-refractivity contribution in [1.82, 2.24) is 0 Å². The van der Waals surface area contributed by atoms with Crippen LogP contribution in [0.3, 0.4) is 0 Å². The van der Waals surface area contributed by atoms with Crippen LogP contribution in [0, 0.1) is 0 Å². The van der Waals surface area contributed by atoms with Gasteiger partial charge in [-0.25, -0.2) is 4.79 Å². The highest BCUT2D eigenvalue weighted by Crippen LogP contribution is 2.49. The van der Waals surface area contributed by atoms with Crippen molar-refractivity contribution in [3.63, 3.8) is 0 Å². The Hall–Kier alpha value is -3.68. The van der Waals surface area contributed by atoms with Gasteiger partial charge in [-0.2, -0.15) is 0 Å². The molecular weight excluding hydrogens is 392 g/mol. The normalized spacial score (nSPS) is 17.5. The molecule has 4 rings (SSSR count). The molecule has 1 aromatic heterocycles. The van der Waals surface area contributed by atoms with E-state index in [2.05, 4.69) is 0 Å². The van der Waals surface area contributed by atoms with E-state index in [1.165, 1.54) is 27.2 Å². The maximum Gasteiger partial charge on any atom is 0.336 e. The summed E-state index contributed by atoms with van der Waals surface area (Å²) in [7, 11) is 3.01. The molecule has 0 radical (unpaired) electrons. The van der Waals surface area contributed by atoms with Gasteiger partial charge in [-0.1, -0.05) is 6.07 Å². The first-order valence-electron chi connectivity index (χ1n) is 9.25. The molecule has 0 bridgehead atoms. The minimum absolute atomic E-state index is 0.277. The minimum atomic E-state index is -0.543. The number of hydrogen-bond acceptors (Lipinski definition) is 8. The van der Waals surface area contributed by atoms with Crippen LogP contribution in [0.4, 0.5) is 0 Å². The van der Waals surface area contributed by atoms with Crippen LogP contribution < -0.4 is 29.3 Å².